The SMILES string of the molecule is CC(C)CC(C(=O)Nc1ccn(C)n1)n1ccc(Oc2ccc(F)cc2F)cc1=O. The van der Waals surface area contributed by atoms with E-state index in [0.29, 0.717) is 18.3 Å². The summed E-state index contributed by atoms with van der Waals surface area (Å²) >= 11 is 0. The van der Waals surface area contributed by atoms with E-state index in [2.05, 4.69) is 10.4 Å². The lowest BCUT2D eigenvalue weighted by atomic mass is 10.0. The molecule has 0 aliphatic rings. The van der Waals surface area contributed by atoms with Gasteiger partial charge in [-0.25, -0.2) is 8.78 Å². The largest absolute Gasteiger partial charge is 0.454 e. The van der Waals surface area contributed by atoms with E-state index in [0.717, 1.165) is 18.2 Å². The molecule has 1 N–H and O–H groups in total. The third kappa shape index (κ3) is 5.11. The quantitative estimate of drug-likeness (QED) is 0.634. The molecule has 1 aromatic carbocycles. The predicted molar refractivity (Wildman–Crippen MR) is 107 cm³/mol. The number of aromatic nitrogens is 3. The Bertz CT molecular complexity index is 1110. The average Bonchev–Trinajstić information content (AvgIpc) is 3.07. The molecule has 0 radical (unpaired) electrons. The van der Waals surface area contributed by atoms with Crippen molar-refractivity contribution in [1.82, 2.24) is 14.3 Å². The van der Waals surface area contributed by atoms with Gasteiger partial charge in [0.15, 0.2) is 17.4 Å². The third-order valence-corrected chi connectivity index (χ3v) is 4.34. The van der Waals surface area contributed by atoms with Crippen molar-refractivity contribution < 1.29 is 18.3 Å². The predicted octanol–water partition coefficient (Wildman–Crippen LogP) is 3.88. The van der Waals surface area contributed by atoms with Crippen molar-refractivity contribution in [3.05, 3.63) is 70.8 Å². The van der Waals surface area contributed by atoms with Crippen LogP contribution in [0.25, 0.3) is 0 Å². The molecule has 1 unspecified atom stereocenters. The van der Waals surface area contributed by atoms with Gasteiger partial charge in [0, 0.05) is 37.6 Å². The van der Waals surface area contributed by atoms with Crippen molar-refractivity contribution in [2.45, 2.75) is 26.3 Å². The summed E-state index contributed by atoms with van der Waals surface area (Å²) in [7, 11) is 1.73. The highest BCUT2D eigenvalue weighted by Crippen LogP contribution is 2.25. The molecule has 3 rings (SSSR count). The number of amides is 1. The molecule has 0 saturated heterocycles. The fraction of sp³-hybridized carbons (Fsp3) is 0.286. The third-order valence-electron chi connectivity index (χ3n) is 4.34. The number of carbonyl (C=O) groups is 1. The van der Waals surface area contributed by atoms with Crippen LogP contribution in [0.15, 0.2) is 53.6 Å². The van der Waals surface area contributed by atoms with E-state index in [1.165, 1.54) is 16.8 Å². The van der Waals surface area contributed by atoms with Crippen molar-refractivity contribution in [2.24, 2.45) is 13.0 Å². The fourth-order valence-corrected chi connectivity index (χ4v) is 2.96. The first-order valence-corrected chi connectivity index (χ1v) is 9.38. The molecule has 0 spiro atoms. The van der Waals surface area contributed by atoms with Gasteiger partial charge in [-0.3, -0.25) is 14.3 Å². The normalized spacial score (nSPS) is 12.1. The molecule has 0 fully saturated rings. The van der Waals surface area contributed by atoms with Crippen LogP contribution in [-0.2, 0) is 11.8 Å². The van der Waals surface area contributed by atoms with Gasteiger partial charge in [0.2, 0.25) is 5.91 Å². The number of nitrogens with zero attached hydrogens (tertiary/aromatic N) is 3. The lowest BCUT2D eigenvalue weighted by molar-refractivity contribution is -0.119. The van der Waals surface area contributed by atoms with E-state index in [4.69, 9.17) is 4.74 Å². The van der Waals surface area contributed by atoms with Crippen LogP contribution in [0.5, 0.6) is 11.5 Å². The number of pyridine rings is 1. The lowest BCUT2D eigenvalue weighted by Crippen LogP contribution is -2.33. The molecule has 1 amide bonds. The molecule has 0 aliphatic carbocycles. The molecule has 30 heavy (non-hydrogen) atoms. The first kappa shape index (κ1) is 21.2. The minimum absolute atomic E-state index is 0.0789. The topological polar surface area (TPSA) is 78.2 Å². The zero-order chi connectivity index (χ0) is 21.8. The first-order chi connectivity index (χ1) is 14.2. The van der Waals surface area contributed by atoms with E-state index in [1.807, 2.05) is 13.8 Å². The fourth-order valence-electron chi connectivity index (χ4n) is 2.96. The van der Waals surface area contributed by atoms with Crippen molar-refractivity contribution in [3.63, 3.8) is 0 Å². The number of halogens is 2. The molecule has 7 nitrogen and oxygen atoms in total. The molecule has 0 saturated carbocycles. The Morgan fingerprint density at radius 1 is 1.17 bits per heavy atom. The lowest BCUT2D eigenvalue weighted by Gasteiger charge is -2.21. The number of hydrogen-bond donors (Lipinski definition) is 1. The Morgan fingerprint density at radius 2 is 1.93 bits per heavy atom. The molecule has 2 aromatic heterocycles. The van der Waals surface area contributed by atoms with Crippen LogP contribution in [0.4, 0.5) is 14.6 Å². The molecule has 1 atom stereocenters. The first-order valence-electron chi connectivity index (χ1n) is 9.38. The van der Waals surface area contributed by atoms with Gasteiger partial charge in [-0.15, -0.1) is 0 Å². The van der Waals surface area contributed by atoms with Crippen molar-refractivity contribution in [2.75, 3.05) is 5.32 Å². The minimum atomic E-state index is -0.883. The van der Waals surface area contributed by atoms with Gasteiger partial charge < -0.3 is 14.6 Å². The van der Waals surface area contributed by atoms with Gasteiger partial charge in [-0.2, -0.15) is 5.10 Å². The van der Waals surface area contributed by atoms with Crippen LogP contribution < -0.4 is 15.6 Å². The smallest absolute Gasteiger partial charge is 0.254 e. The number of hydrogen-bond acceptors (Lipinski definition) is 4. The number of benzene rings is 1. The van der Waals surface area contributed by atoms with Crippen LogP contribution >= 0.6 is 0 Å². The van der Waals surface area contributed by atoms with E-state index in [1.54, 1.807) is 24.0 Å². The summed E-state index contributed by atoms with van der Waals surface area (Å²) < 4.78 is 35.0. The second kappa shape index (κ2) is 8.89. The van der Waals surface area contributed by atoms with Gasteiger partial charge in [-0.1, -0.05) is 13.8 Å². The highest BCUT2D eigenvalue weighted by Gasteiger charge is 2.23. The Hall–Kier alpha value is -3.49. The number of anilines is 1. The summed E-state index contributed by atoms with van der Waals surface area (Å²) in [5, 5.41) is 6.83. The molecule has 158 valence electrons. The number of carbonyl (C=O) groups excluding carboxylic acids is 1. The second-order valence-corrected chi connectivity index (χ2v) is 7.29. The van der Waals surface area contributed by atoms with Crippen LogP contribution in [0.3, 0.4) is 0 Å². The molecule has 3 aromatic rings. The standard InChI is InChI=1S/C21H22F2N4O3/c1-13(2)10-17(21(29)24-19-7-8-26(3)25-19)27-9-6-15(12-20(27)28)30-18-5-4-14(22)11-16(18)23/h4-9,11-13,17H,10H2,1-3H3,(H,24,25,29). The van der Waals surface area contributed by atoms with E-state index >= 15 is 0 Å². The van der Waals surface area contributed by atoms with Gasteiger partial charge in [-0.05, 0) is 30.5 Å². The summed E-state index contributed by atoms with van der Waals surface area (Å²) in [6.07, 6.45) is 3.54. The Labute approximate surface area is 171 Å². The molecule has 0 aliphatic heterocycles. The number of aryl methyl sites for hydroxylation is 1. The summed E-state index contributed by atoms with van der Waals surface area (Å²) in [6, 6.07) is 6.38. The Balaban J connectivity index is 1.84. The highest BCUT2D eigenvalue weighted by molar-refractivity contribution is 5.92. The average molecular weight is 416 g/mol. The maximum atomic E-state index is 13.8. The summed E-state index contributed by atoms with van der Waals surface area (Å²) in [6.45, 7) is 3.89. The zero-order valence-corrected chi connectivity index (χ0v) is 16.8. The van der Waals surface area contributed by atoms with Crippen LogP contribution in [-0.4, -0.2) is 20.3 Å². The minimum Gasteiger partial charge on any atom is -0.454 e. The second-order valence-electron chi connectivity index (χ2n) is 7.29. The summed E-state index contributed by atoms with van der Waals surface area (Å²) in [4.78, 5) is 25.5. The van der Waals surface area contributed by atoms with Gasteiger partial charge in [0.1, 0.15) is 17.6 Å². The molecule has 9 heteroatoms. The maximum absolute atomic E-state index is 13.8. The van der Waals surface area contributed by atoms with Crippen molar-refractivity contribution >= 4 is 11.7 Å². The van der Waals surface area contributed by atoms with Gasteiger partial charge in [0.05, 0.1) is 0 Å². The van der Waals surface area contributed by atoms with Crippen molar-refractivity contribution in [3.8, 4) is 11.5 Å². The monoisotopic (exact) mass is 416 g/mol. The summed E-state index contributed by atoms with van der Waals surface area (Å²) in [5.74, 6) is -1.59. The van der Waals surface area contributed by atoms with E-state index in [-0.39, 0.29) is 23.3 Å². The van der Waals surface area contributed by atoms with Crippen LogP contribution in [0.2, 0.25) is 0 Å². The van der Waals surface area contributed by atoms with Crippen molar-refractivity contribution in [1.29, 1.82) is 0 Å². The van der Waals surface area contributed by atoms with Gasteiger partial charge in [0.25, 0.3) is 5.56 Å². The molecule has 0 bridgehead atoms. The molecular weight excluding hydrogens is 394 g/mol. The van der Waals surface area contributed by atoms with Crippen LogP contribution in [0.1, 0.15) is 26.3 Å². The number of nitrogens with one attached hydrogen (secondary N) is 1. The summed E-state index contributed by atoms with van der Waals surface area (Å²) in [5.41, 5.74) is -0.489. The highest BCUT2D eigenvalue weighted by atomic mass is 19.1. The Kier molecular flexibility index (Phi) is 6.29. The van der Waals surface area contributed by atoms with E-state index < -0.39 is 23.2 Å². The van der Waals surface area contributed by atoms with E-state index in [9.17, 15) is 18.4 Å². The molecular formula is C21H22F2N4O3. The maximum Gasteiger partial charge on any atom is 0.254 e. The number of rotatable bonds is 7. The van der Waals surface area contributed by atoms with Gasteiger partial charge >= 0.3 is 0 Å². The van der Waals surface area contributed by atoms with Crippen LogP contribution in [0, 0.1) is 17.6 Å². The number of ether oxygens (including phenoxy) is 1. The Morgan fingerprint density at radius 3 is 2.53 bits per heavy atom. The zero-order valence-electron chi connectivity index (χ0n) is 16.8. The molecule has 2 heterocycles.